The van der Waals surface area contributed by atoms with Crippen LogP contribution in [0.25, 0.3) is 0 Å². The fourth-order valence-corrected chi connectivity index (χ4v) is 1.13. The Balaban J connectivity index is 0.000000184. The summed E-state index contributed by atoms with van der Waals surface area (Å²) < 4.78 is 0. The van der Waals surface area contributed by atoms with Crippen molar-refractivity contribution < 1.29 is 5.11 Å². The van der Waals surface area contributed by atoms with E-state index < -0.39 is 0 Å². The summed E-state index contributed by atoms with van der Waals surface area (Å²) in [5.41, 5.74) is 13.2. The zero-order valence-corrected chi connectivity index (χ0v) is 9.67. The van der Waals surface area contributed by atoms with Crippen molar-refractivity contribution in [1.82, 2.24) is 0 Å². The molecule has 2 aromatic carbocycles. The first-order valence-corrected chi connectivity index (χ1v) is 5.19. The highest BCUT2D eigenvalue weighted by Gasteiger charge is 1.94. The van der Waals surface area contributed by atoms with Crippen LogP contribution in [-0.4, -0.2) is 10.9 Å². The van der Waals surface area contributed by atoms with Crippen molar-refractivity contribution >= 4 is 11.5 Å². The minimum Gasteiger partial charge on any atom is -0.508 e. The molecule has 0 aliphatic heterocycles. The highest BCUT2D eigenvalue weighted by molar-refractivity contribution is 5.96. The van der Waals surface area contributed by atoms with E-state index in [1.54, 1.807) is 36.4 Å². The molecule has 0 fully saturated rings. The van der Waals surface area contributed by atoms with E-state index in [1.165, 1.54) is 0 Å². The highest BCUT2D eigenvalue weighted by Crippen LogP contribution is 2.09. The molecule has 0 bridgehead atoms. The van der Waals surface area contributed by atoms with E-state index in [0.717, 1.165) is 0 Å². The fraction of sp³-hybridized carbons (Fsp3) is 0. The largest absolute Gasteiger partial charge is 0.508 e. The normalized spacial score (nSPS) is 8.89. The lowest BCUT2D eigenvalue weighted by molar-refractivity contribution is 0.475. The molecule has 0 unspecified atom stereocenters. The molecule has 5 nitrogen and oxygen atoms in total. The summed E-state index contributed by atoms with van der Waals surface area (Å²) in [4.78, 5) is 0. The predicted octanol–water partition coefficient (Wildman–Crippen LogP) is 3.02. The third-order valence-electron chi connectivity index (χ3n) is 2.05. The minimum absolute atomic E-state index is 0.000556. The third-order valence-corrected chi connectivity index (χ3v) is 2.05. The van der Waals surface area contributed by atoms with E-state index in [1.807, 2.05) is 18.2 Å². The van der Waals surface area contributed by atoms with Crippen LogP contribution in [0.3, 0.4) is 0 Å². The minimum atomic E-state index is 0.000556. The Morgan fingerprint density at radius 1 is 1.00 bits per heavy atom. The van der Waals surface area contributed by atoms with Crippen LogP contribution < -0.4 is 5.73 Å². The lowest BCUT2D eigenvalue weighted by atomic mass is 10.2. The van der Waals surface area contributed by atoms with Gasteiger partial charge < -0.3 is 10.8 Å². The Kier molecular flexibility index (Phi) is 5.05. The molecule has 0 spiro atoms. The Morgan fingerprint density at radius 2 is 1.56 bits per heavy atom. The van der Waals surface area contributed by atoms with E-state index in [9.17, 15) is 0 Å². The Morgan fingerprint density at radius 3 is 2.00 bits per heavy atom. The summed E-state index contributed by atoms with van der Waals surface area (Å²) in [5.74, 6) is 0.250. The Labute approximate surface area is 105 Å². The van der Waals surface area contributed by atoms with Crippen LogP contribution in [0.2, 0.25) is 0 Å². The van der Waals surface area contributed by atoms with E-state index in [-0.39, 0.29) is 11.6 Å². The van der Waals surface area contributed by atoms with Gasteiger partial charge in [-0.2, -0.15) is 0 Å². The molecule has 0 saturated carbocycles. The van der Waals surface area contributed by atoms with E-state index >= 15 is 0 Å². The molecule has 0 aromatic heterocycles. The molecule has 0 radical (unpaired) electrons. The topological polar surface area (TPSA) is 106 Å². The number of amidine groups is 1. The van der Waals surface area contributed by atoms with Crippen LogP contribution in [0.1, 0.15) is 5.56 Å². The van der Waals surface area contributed by atoms with Crippen molar-refractivity contribution in [2.75, 3.05) is 5.73 Å². The number of nitrogens with one attached hydrogen (secondary N) is 2. The number of rotatable bonds is 1. The summed E-state index contributed by atoms with van der Waals surface area (Å²) in [5, 5.41) is 18.8. The predicted molar refractivity (Wildman–Crippen MR) is 70.9 cm³/mol. The van der Waals surface area contributed by atoms with Crippen LogP contribution in [0.5, 0.6) is 5.75 Å². The van der Waals surface area contributed by atoms with Gasteiger partial charge in [-0.25, -0.2) is 5.53 Å². The van der Waals surface area contributed by atoms with Crippen molar-refractivity contribution in [1.29, 1.82) is 10.9 Å². The maximum atomic E-state index is 8.70. The number of aromatic hydroxyl groups is 1. The molecule has 2 rings (SSSR count). The number of anilines is 1. The van der Waals surface area contributed by atoms with Crippen LogP contribution in [0.4, 0.5) is 5.69 Å². The average molecular weight is 242 g/mol. The molecule has 0 heterocycles. The Bertz CT molecular complexity index is 487. The number of nitrogens with two attached hydrogens (primary N) is 1. The van der Waals surface area contributed by atoms with Gasteiger partial charge in [-0.15, -0.1) is 5.11 Å². The average Bonchev–Trinajstić information content (AvgIpc) is 2.43. The summed E-state index contributed by atoms with van der Waals surface area (Å²) in [7, 11) is 0. The van der Waals surface area contributed by atoms with Crippen LogP contribution in [0.15, 0.2) is 59.7 Å². The maximum absolute atomic E-state index is 8.70. The summed E-state index contributed by atoms with van der Waals surface area (Å²) in [6.45, 7) is 0. The SMILES string of the molecule is N=NC(=N)c1ccccc1.Nc1ccc(O)cc1. The quantitative estimate of drug-likeness (QED) is 0.203. The number of nitrogen functional groups attached to an aromatic ring is 1. The number of hydrogen-bond donors (Lipinski definition) is 4. The first-order valence-electron chi connectivity index (χ1n) is 5.19. The Hall–Kier alpha value is -2.69. The molecule has 0 atom stereocenters. The molecule has 5 heteroatoms. The van der Waals surface area contributed by atoms with Crippen molar-refractivity contribution in [2.45, 2.75) is 0 Å². The molecule has 92 valence electrons. The monoisotopic (exact) mass is 242 g/mol. The van der Waals surface area contributed by atoms with E-state index in [4.69, 9.17) is 21.8 Å². The van der Waals surface area contributed by atoms with Gasteiger partial charge in [-0.1, -0.05) is 30.3 Å². The number of benzene rings is 2. The van der Waals surface area contributed by atoms with Crippen LogP contribution in [0, 0.1) is 10.9 Å². The zero-order valence-electron chi connectivity index (χ0n) is 9.67. The van der Waals surface area contributed by atoms with Crippen LogP contribution in [-0.2, 0) is 0 Å². The highest BCUT2D eigenvalue weighted by atomic mass is 16.3. The summed E-state index contributed by atoms with van der Waals surface area (Å²) in [6.07, 6.45) is 0. The number of phenolic OH excluding ortho intramolecular Hbond substituents is 1. The van der Waals surface area contributed by atoms with Crippen molar-refractivity contribution in [3.8, 4) is 5.75 Å². The summed E-state index contributed by atoms with van der Waals surface area (Å²) >= 11 is 0. The molecular formula is C13H14N4O. The molecule has 0 amide bonds. The van der Waals surface area contributed by atoms with Gasteiger partial charge in [0.05, 0.1) is 0 Å². The molecular weight excluding hydrogens is 228 g/mol. The van der Waals surface area contributed by atoms with Crippen molar-refractivity contribution in [2.24, 2.45) is 5.11 Å². The third kappa shape index (κ3) is 4.44. The number of phenols is 1. The number of hydrogen-bond acceptors (Lipinski definition) is 4. The van der Waals surface area contributed by atoms with Gasteiger partial charge in [0.2, 0.25) is 0 Å². The second-order valence-corrected chi connectivity index (χ2v) is 3.42. The molecule has 5 N–H and O–H groups in total. The molecule has 2 aromatic rings. The first kappa shape index (κ1) is 13.4. The summed E-state index contributed by atoms with van der Waals surface area (Å²) in [6, 6.07) is 15.4. The second-order valence-electron chi connectivity index (χ2n) is 3.42. The van der Waals surface area contributed by atoms with Gasteiger partial charge >= 0.3 is 0 Å². The standard InChI is InChI=1S/C7H7N3.C6H7NO/c8-7(10-9)6-4-2-1-3-5-6;7-5-1-3-6(8)4-2-5/h1-5,8-9H;1-4,8H,7H2. The lowest BCUT2D eigenvalue weighted by Gasteiger charge is -1.92. The van der Waals surface area contributed by atoms with Gasteiger partial charge in [0.15, 0.2) is 5.84 Å². The molecule has 0 aliphatic carbocycles. The molecule has 0 saturated heterocycles. The first-order chi connectivity index (χ1) is 8.63. The fourth-order valence-electron chi connectivity index (χ4n) is 1.13. The van der Waals surface area contributed by atoms with Gasteiger partial charge in [-0.3, -0.25) is 5.41 Å². The smallest absolute Gasteiger partial charge is 0.173 e. The second kappa shape index (κ2) is 6.80. The maximum Gasteiger partial charge on any atom is 0.173 e. The van der Waals surface area contributed by atoms with Crippen LogP contribution >= 0.6 is 0 Å². The van der Waals surface area contributed by atoms with Gasteiger partial charge in [0, 0.05) is 11.3 Å². The van der Waals surface area contributed by atoms with Crippen molar-refractivity contribution in [3.63, 3.8) is 0 Å². The molecule has 18 heavy (non-hydrogen) atoms. The number of nitrogens with zero attached hydrogens (tertiary/aromatic N) is 1. The lowest BCUT2D eigenvalue weighted by Crippen LogP contribution is -1.90. The molecule has 0 aliphatic rings. The van der Waals surface area contributed by atoms with Gasteiger partial charge in [0.25, 0.3) is 0 Å². The van der Waals surface area contributed by atoms with E-state index in [2.05, 4.69) is 5.11 Å². The van der Waals surface area contributed by atoms with Crippen molar-refractivity contribution in [3.05, 3.63) is 60.2 Å². The zero-order chi connectivity index (χ0) is 13.4. The van der Waals surface area contributed by atoms with E-state index in [0.29, 0.717) is 11.3 Å². The van der Waals surface area contributed by atoms with Gasteiger partial charge in [-0.05, 0) is 24.3 Å². The van der Waals surface area contributed by atoms with Gasteiger partial charge in [0.1, 0.15) is 5.75 Å².